The zero-order chi connectivity index (χ0) is 17.8. The van der Waals surface area contributed by atoms with Crippen molar-refractivity contribution in [1.82, 2.24) is 4.90 Å². The fourth-order valence-electron chi connectivity index (χ4n) is 2.93. The highest BCUT2D eigenvalue weighted by molar-refractivity contribution is 5.80. The number of nitro groups is 1. The molecule has 130 valence electrons. The van der Waals surface area contributed by atoms with Crippen molar-refractivity contribution in [1.29, 1.82) is 0 Å². The Morgan fingerprint density at radius 3 is 2.44 bits per heavy atom. The third-order valence-corrected chi connectivity index (χ3v) is 4.37. The number of ether oxygens (including phenoxy) is 1. The van der Waals surface area contributed by atoms with Crippen molar-refractivity contribution in [2.75, 3.05) is 7.11 Å². The lowest BCUT2D eigenvalue weighted by molar-refractivity contribution is -0.385. The zero-order valence-corrected chi connectivity index (χ0v) is 14.1. The van der Waals surface area contributed by atoms with E-state index in [1.807, 2.05) is 29.2 Å². The van der Waals surface area contributed by atoms with Crippen molar-refractivity contribution in [2.45, 2.75) is 31.8 Å². The van der Waals surface area contributed by atoms with Gasteiger partial charge in [0.15, 0.2) is 0 Å². The minimum absolute atomic E-state index is 0.0103. The van der Waals surface area contributed by atoms with Gasteiger partial charge in [-0.05, 0) is 18.9 Å². The minimum atomic E-state index is -0.440. The molecule has 0 saturated heterocycles. The number of hydrogen-bond acceptors (Lipinski definition) is 4. The molecule has 0 aromatic heterocycles. The fraction of sp³-hybridized carbons (Fsp3) is 0.316. The largest absolute Gasteiger partial charge is 0.496 e. The van der Waals surface area contributed by atoms with Crippen LogP contribution < -0.4 is 4.74 Å². The summed E-state index contributed by atoms with van der Waals surface area (Å²) in [6.07, 6.45) is 1.97. The molecule has 6 nitrogen and oxygen atoms in total. The lowest BCUT2D eigenvalue weighted by Gasteiger charge is -2.23. The standard InChI is InChI=1S/C19H20N2O4/c1-25-18-9-5-3-7-15(18)13-20(16-10-11-16)19(22)12-14-6-2-4-8-17(14)21(23)24/h2-9,16H,10-13H2,1H3. The Kier molecular flexibility index (Phi) is 4.97. The van der Waals surface area contributed by atoms with E-state index >= 15 is 0 Å². The first kappa shape index (κ1) is 17.0. The van der Waals surface area contributed by atoms with Gasteiger partial charge in [0.05, 0.1) is 18.5 Å². The number of nitro benzene ring substituents is 1. The van der Waals surface area contributed by atoms with Gasteiger partial charge in [0.2, 0.25) is 5.91 Å². The third kappa shape index (κ3) is 3.96. The van der Waals surface area contributed by atoms with E-state index in [4.69, 9.17) is 4.74 Å². The highest BCUT2D eigenvalue weighted by Crippen LogP contribution is 2.31. The molecule has 0 atom stereocenters. The van der Waals surface area contributed by atoms with Gasteiger partial charge in [-0.1, -0.05) is 36.4 Å². The van der Waals surface area contributed by atoms with Gasteiger partial charge in [0.1, 0.15) is 5.75 Å². The van der Waals surface area contributed by atoms with Gasteiger partial charge in [-0.3, -0.25) is 14.9 Å². The Hall–Kier alpha value is -2.89. The van der Waals surface area contributed by atoms with Crippen LogP contribution in [0.5, 0.6) is 5.75 Å². The second-order valence-corrected chi connectivity index (χ2v) is 6.13. The molecule has 0 N–H and O–H groups in total. The lowest BCUT2D eigenvalue weighted by atomic mass is 10.1. The van der Waals surface area contributed by atoms with Gasteiger partial charge in [0.25, 0.3) is 5.69 Å². The Morgan fingerprint density at radius 2 is 1.80 bits per heavy atom. The maximum atomic E-state index is 12.8. The van der Waals surface area contributed by atoms with E-state index < -0.39 is 4.92 Å². The summed E-state index contributed by atoms with van der Waals surface area (Å²) < 4.78 is 5.37. The monoisotopic (exact) mass is 340 g/mol. The van der Waals surface area contributed by atoms with E-state index in [2.05, 4.69) is 0 Å². The number of rotatable bonds is 7. The minimum Gasteiger partial charge on any atom is -0.496 e. The molecule has 0 bridgehead atoms. The van der Waals surface area contributed by atoms with Crippen LogP contribution in [0.1, 0.15) is 24.0 Å². The molecule has 6 heteroatoms. The Labute approximate surface area is 146 Å². The molecule has 1 aliphatic rings. The van der Waals surface area contributed by atoms with E-state index in [1.54, 1.807) is 25.3 Å². The first-order chi connectivity index (χ1) is 12.1. The van der Waals surface area contributed by atoms with E-state index in [0.717, 1.165) is 24.2 Å². The van der Waals surface area contributed by atoms with Gasteiger partial charge in [0, 0.05) is 29.8 Å². The summed E-state index contributed by atoms with van der Waals surface area (Å²) in [6.45, 7) is 0.453. The molecule has 2 aromatic rings. The molecule has 0 heterocycles. The van der Waals surface area contributed by atoms with Gasteiger partial charge in [-0.25, -0.2) is 0 Å². The van der Waals surface area contributed by atoms with Crippen molar-refractivity contribution < 1.29 is 14.5 Å². The predicted octanol–water partition coefficient (Wildman–Crippen LogP) is 3.34. The van der Waals surface area contributed by atoms with E-state index in [0.29, 0.717) is 12.1 Å². The number of hydrogen-bond donors (Lipinski definition) is 0. The van der Waals surface area contributed by atoms with Gasteiger partial charge >= 0.3 is 0 Å². The summed E-state index contributed by atoms with van der Waals surface area (Å²) in [6, 6.07) is 14.2. The molecule has 1 fully saturated rings. The van der Waals surface area contributed by atoms with Crippen molar-refractivity contribution in [3.05, 3.63) is 69.8 Å². The molecule has 1 saturated carbocycles. The smallest absolute Gasteiger partial charge is 0.273 e. The number of para-hydroxylation sites is 2. The molecular formula is C19H20N2O4. The van der Waals surface area contributed by atoms with Gasteiger partial charge < -0.3 is 9.64 Å². The summed E-state index contributed by atoms with van der Waals surface area (Å²) in [5.74, 6) is 0.648. The maximum Gasteiger partial charge on any atom is 0.273 e. The first-order valence-corrected chi connectivity index (χ1v) is 8.24. The Balaban J connectivity index is 1.80. The highest BCUT2D eigenvalue weighted by Gasteiger charge is 2.33. The van der Waals surface area contributed by atoms with Gasteiger partial charge in [-0.2, -0.15) is 0 Å². The number of benzene rings is 2. The molecule has 0 aliphatic heterocycles. The van der Waals surface area contributed by atoms with Crippen LogP contribution >= 0.6 is 0 Å². The quantitative estimate of drug-likeness (QED) is 0.572. The second kappa shape index (κ2) is 7.34. The van der Waals surface area contributed by atoms with Crippen LogP contribution in [0.15, 0.2) is 48.5 Å². The third-order valence-electron chi connectivity index (χ3n) is 4.37. The summed E-state index contributed by atoms with van der Waals surface area (Å²) in [5, 5.41) is 11.2. The fourth-order valence-corrected chi connectivity index (χ4v) is 2.93. The molecule has 3 rings (SSSR count). The Morgan fingerprint density at radius 1 is 1.16 bits per heavy atom. The van der Waals surface area contributed by atoms with Crippen LogP contribution in [-0.2, 0) is 17.8 Å². The zero-order valence-electron chi connectivity index (χ0n) is 14.1. The van der Waals surface area contributed by atoms with Crippen LogP contribution in [0.25, 0.3) is 0 Å². The highest BCUT2D eigenvalue weighted by atomic mass is 16.6. The van der Waals surface area contributed by atoms with E-state index in [9.17, 15) is 14.9 Å². The Bertz CT molecular complexity index is 786. The van der Waals surface area contributed by atoms with Crippen molar-refractivity contribution in [3.8, 4) is 5.75 Å². The van der Waals surface area contributed by atoms with E-state index in [1.165, 1.54) is 6.07 Å². The topological polar surface area (TPSA) is 72.7 Å². The molecule has 2 aromatic carbocycles. The molecule has 1 aliphatic carbocycles. The summed E-state index contributed by atoms with van der Waals surface area (Å²) in [7, 11) is 1.61. The molecule has 0 radical (unpaired) electrons. The summed E-state index contributed by atoms with van der Waals surface area (Å²) in [4.78, 5) is 25.4. The average Bonchev–Trinajstić information content (AvgIpc) is 3.45. The van der Waals surface area contributed by atoms with Crippen molar-refractivity contribution in [2.24, 2.45) is 0 Å². The summed E-state index contributed by atoms with van der Waals surface area (Å²) in [5.41, 5.74) is 1.37. The van der Waals surface area contributed by atoms with Crippen LogP contribution in [0.3, 0.4) is 0 Å². The summed E-state index contributed by atoms with van der Waals surface area (Å²) >= 11 is 0. The van der Waals surface area contributed by atoms with Crippen molar-refractivity contribution in [3.63, 3.8) is 0 Å². The molecule has 0 unspecified atom stereocenters. The van der Waals surface area contributed by atoms with Crippen LogP contribution in [0.2, 0.25) is 0 Å². The number of amides is 1. The maximum absolute atomic E-state index is 12.8. The van der Waals surface area contributed by atoms with Crippen LogP contribution in [-0.4, -0.2) is 28.9 Å². The average molecular weight is 340 g/mol. The number of methoxy groups -OCH3 is 1. The van der Waals surface area contributed by atoms with Gasteiger partial charge in [-0.15, -0.1) is 0 Å². The van der Waals surface area contributed by atoms with Crippen LogP contribution in [0.4, 0.5) is 5.69 Å². The molecule has 0 spiro atoms. The van der Waals surface area contributed by atoms with Crippen LogP contribution in [0, 0.1) is 10.1 Å². The normalized spacial score (nSPS) is 13.3. The molecule has 25 heavy (non-hydrogen) atoms. The van der Waals surface area contributed by atoms with Crippen molar-refractivity contribution >= 4 is 11.6 Å². The lowest BCUT2D eigenvalue weighted by Crippen LogP contribution is -2.34. The number of nitrogens with zero attached hydrogens (tertiary/aromatic N) is 2. The SMILES string of the molecule is COc1ccccc1CN(C(=O)Cc1ccccc1[N+](=O)[O-])C1CC1. The second-order valence-electron chi connectivity index (χ2n) is 6.13. The molecule has 1 amide bonds. The van der Waals surface area contributed by atoms with E-state index in [-0.39, 0.29) is 24.1 Å². The predicted molar refractivity (Wildman–Crippen MR) is 93.4 cm³/mol. The molecular weight excluding hydrogens is 320 g/mol. The first-order valence-electron chi connectivity index (χ1n) is 8.24. The number of carbonyl (C=O) groups is 1. The number of carbonyl (C=O) groups excluding carboxylic acids is 1.